The molecule has 0 heterocycles. The number of rotatable bonds is 4. The van der Waals surface area contributed by atoms with Crippen LogP contribution in [0.15, 0.2) is 36.4 Å². The van der Waals surface area contributed by atoms with Crippen molar-refractivity contribution in [3.8, 4) is 0 Å². The molecule has 0 radical (unpaired) electrons. The molecule has 112 valence electrons. The molecule has 0 aliphatic heterocycles. The minimum Gasteiger partial charge on any atom is -0.370 e. The van der Waals surface area contributed by atoms with Crippen molar-refractivity contribution in [2.24, 2.45) is 5.73 Å². The van der Waals surface area contributed by atoms with Gasteiger partial charge in [-0.15, -0.1) is 0 Å². The third kappa shape index (κ3) is 3.55. The molecule has 4 heteroatoms. The lowest BCUT2D eigenvalue weighted by molar-refractivity contribution is 0.612. The molecule has 0 aliphatic carbocycles. The second kappa shape index (κ2) is 6.46. The molecule has 0 aliphatic rings. The molecule has 0 aromatic heterocycles. The van der Waals surface area contributed by atoms with E-state index in [0.717, 1.165) is 21.8 Å². The zero-order chi connectivity index (χ0) is 15.6. The predicted molar refractivity (Wildman–Crippen MR) is 87.3 cm³/mol. The number of aryl methyl sites for hydroxylation is 1. The van der Waals surface area contributed by atoms with Crippen LogP contribution in [0.1, 0.15) is 29.7 Å². The van der Waals surface area contributed by atoms with Gasteiger partial charge in [-0.05, 0) is 48.7 Å². The monoisotopic (exact) mass is 306 g/mol. The van der Waals surface area contributed by atoms with Crippen LogP contribution in [-0.4, -0.2) is 7.05 Å². The van der Waals surface area contributed by atoms with Crippen molar-refractivity contribution in [2.75, 3.05) is 11.9 Å². The molecular weight excluding hydrogens is 287 g/mol. The summed E-state index contributed by atoms with van der Waals surface area (Å²) in [6.07, 6.45) is 0. The summed E-state index contributed by atoms with van der Waals surface area (Å²) in [4.78, 5) is 2.05. The van der Waals surface area contributed by atoms with Gasteiger partial charge in [0, 0.05) is 30.3 Å². The lowest BCUT2D eigenvalue weighted by Gasteiger charge is -2.25. The van der Waals surface area contributed by atoms with E-state index in [0.29, 0.717) is 12.1 Å². The average Bonchev–Trinajstić information content (AvgIpc) is 2.43. The highest BCUT2D eigenvalue weighted by atomic mass is 35.5. The van der Waals surface area contributed by atoms with Gasteiger partial charge >= 0.3 is 0 Å². The molecule has 2 rings (SSSR count). The van der Waals surface area contributed by atoms with E-state index in [2.05, 4.69) is 0 Å². The largest absolute Gasteiger partial charge is 0.370 e. The SMILES string of the molecule is Cc1cc(N(C)Cc2ccccc2Cl)c([C@H](C)N)cc1F. The zero-order valence-corrected chi connectivity index (χ0v) is 13.3. The summed E-state index contributed by atoms with van der Waals surface area (Å²) in [6, 6.07) is 10.8. The van der Waals surface area contributed by atoms with E-state index >= 15 is 0 Å². The Labute approximate surface area is 130 Å². The van der Waals surface area contributed by atoms with E-state index in [1.54, 1.807) is 6.92 Å². The summed E-state index contributed by atoms with van der Waals surface area (Å²) in [5, 5.41) is 0.727. The zero-order valence-electron chi connectivity index (χ0n) is 12.5. The highest BCUT2D eigenvalue weighted by Gasteiger charge is 2.15. The fourth-order valence-electron chi connectivity index (χ4n) is 2.34. The summed E-state index contributed by atoms with van der Waals surface area (Å²) in [6.45, 7) is 4.26. The fourth-order valence-corrected chi connectivity index (χ4v) is 2.54. The second-order valence-corrected chi connectivity index (χ2v) is 5.80. The van der Waals surface area contributed by atoms with Crippen LogP contribution in [0.3, 0.4) is 0 Å². The molecule has 0 unspecified atom stereocenters. The summed E-state index contributed by atoms with van der Waals surface area (Å²) in [5.41, 5.74) is 9.35. The lowest BCUT2D eigenvalue weighted by Crippen LogP contribution is -2.21. The van der Waals surface area contributed by atoms with Crippen molar-refractivity contribution in [3.05, 3.63) is 63.9 Å². The highest BCUT2D eigenvalue weighted by Crippen LogP contribution is 2.29. The molecular formula is C17H20ClFN2. The average molecular weight is 307 g/mol. The number of hydrogen-bond donors (Lipinski definition) is 1. The van der Waals surface area contributed by atoms with E-state index in [1.807, 2.05) is 49.2 Å². The Morgan fingerprint density at radius 1 is 1.29 bits per heavy atom. The Morgan fingerprint density at radius 2 is 1.95 bits per heavy atom. The number of benzene rings is 2. The molecule has 2 aromatic rings. The molecule has 21 heavy (non-hydrogen) atoms. The Morgan fingerprint density at radius 3 is 2.57 bits per heavy atom. The summed E-state index contributed by atoms with van der Waals surface area (Å²) in [5.74, 6) is -0.225. The predicted octanol–water partition coefficient (Wildman–Crippen LogP) is 4.44. The van der Waals surface area contributed by atoms with Crippen LogP contribution >= 0.6 is 11.6 Å². The third-order valence-corrected chi connectivity index (χ3v) is 3.94. The molecule has 2 N–H and O–H groups in total. The Hall–Kier alpha value is -1.58. The quantitative estimate of drug-likeness (QED) is 0.904. The van der Waals surface area contributed by atoms with Gasteiger partial charge in [0.25, 0.3) is 0 Å². The van der Waals surface area contributed by atoms with E-state index in [9.17, 15) is 4.39 Å². The minimum absolute atomic E-state index is 0.225. The summed E-state index contributed by atoms with van der Waals surface area (Å²) < 4.78 is 13.8. The van der Waals surface area contributed by atoms with Crippen LogP contribution in [0, 0.1) is 12.7 Å². The molecule has 2 nitrogen and oxygen atoms in total. The van der Waals surface area contributed by atoms with Crippen molar-refractivity contribution in [1.82, 2.24) is 0 Å². The summed E-state index contributed by atoms with van der Waals surface area (Å²) in [7, 11) is 1.96. The molecule has 0 amide bonds. The Bertz CT molecular complexity index is 641. The first-order valence-corrected chi connectivity index (χ1v) is 7.28. The maximum absolute atomic E-state index is 13.8. The van der Waals surface area contributed by atoms with E-state index in [-0.39, 0.29) is 11.9 Å². The van der Waals surface area contributed by atoms with Crippen LogP contribution in [0.2, 0.25) is 5.02 Å². The van der Waals surface area contributed by atoms with Gasteiger partial charge in [-0.3, -0.25) is 0 Å². The molecule has 0 bridgehead atoms. The Kier molecular flexibility index (Phi) is 4.86. The smallest absolute Gasteiger partial charge is 0.126 e. The fraction of sp³-hybridized carbons (Fsp3) is 0.294. The van der Waals surface area contributed by atoms with Crippen molar-refractivity contribution < 1.29 is 4.39 Å². The topological polar surface area (TPSA) is 29.3 Å². The van der Waals surface area contributed by atoms with Crippen LogP contribution in [0.4, 0.5) is 10.1 Å². The third-order valence-electron chi connectivity index (χ3n) is 3.58. The molecule has 0 spiro atoms. The number of nitrogens with two attached hydrogens (primary N) is 1. The normalized spacial score (nSPS) is 12.3. The van der Waals surface area contributed by atoms with Gasteiger partial charge in [0.15, 0.2) is 0 Å². The van der Waals surface area contributed by atoms with Crippen molar-refractivity contribution >= 4 is 17.3 Å². The van der Waals surface area contributed by atoms with Crippen molar-refractivity contribution in [2.45, 2.75) is 26.4 Å². The van der Waals surface area contributed by atoms with Gasteiger partial charge in [-0.2, -0.15) is 0 Å². The van der Waals surface area contributed by atoms with Gasteiger partial charge in [-0.1, -0.05) is 29.8 Å². The molecule has 0 saturated carbocycles. The van der Waals surface area contributed by atoms with Crippen LogP contribution in [-0.2, 0) is 6.54 Å². The summed E-state index contributed by atoms with van der Waals surface area (Å²) >= 11 is 6.20. The standard InChI is InChI=1S/C17H20ClFN2/c1-11-8-17(14(12(2)20)9-16(11)19)21(3)10-13-6-4-5-7-15(13)18/h4-9,12H,10,20H2,1-3H3/t12-/m0/s1. The van der Waals surface area contributed by atoms with Crippen LogP contribution < -0.4 is 10.6 Å². The number of halogens is 2. The van der Waals surface area contributed by atoms with Gasteiger partial charge in [0.05, 0.1) is 0 Å². The number of nitrogens with zero attached hydrogens (tertiary/aromatic N) is 1. The first-order chi connectivity index (χ1) is 9.90. The number of anilines is 1. The molecule has 1 atom stereocenters. The molecule has 2 aromatic carbocycles. The van der Waals surface area contributed by atoms with E-state index < -0.39 is 0 Å². The van der Waals surface area contributed by atoms with Gasteiger partial charge in [-0.25, -0.2) is 4.39 Å². The maximum atomic E-state index is 13.8. The van der Waals surface area contributed by atoms with Gasteiger partial charge in [0.1, 0.15) is 5.82 Å². The van der Waals surface area contributed by atoms with Crippen LogP contribution in [0.25, 0.3) is 0 Å². The van der Waals surface area contributed by atoms with Gasteiger partial charge in [0.2, 0.25) is 0 Å². The highest BCUT2D eigenvalue weighted by molar-refractivity contribution is 6.31. The number of hydrogen-bond acceptors (Lipinski definition) is 2. The van der Waals surface area contributed by atoms with Crippen LogP contribution in [0.5, 0.6) is 0 Å². The van der Waals surface area contributed by atoms with Crippen molar-refractivity contribution in [3.63, 3.8) is 0 Å². The first kappa shape index (κ1) is 15.8. The van der Waals surface area contributed by atoms with E-state index in [1.165, 1.54) is 6.07 Å². The van der Waals surface area contributed by atoms with Crippen molar-refractivity contribution in [1.29, 1.82) is 0 Å². The second-order valence-electron chi connectivity index (χ2n) is 5.40. The van der Waals surface area contributed by atoms with E-state index in [4.69, 9.17) is 17.3 Å². The van der Waals surface area contributed by atoms with Gasteiger partial charge < -0.3 is 10.6 Å². The Balaban J connectivity index is 2.37. The lowest BCUT2D eigenvalue weighted by atomic mass is 10.0. The first-order valence-electron chi connectivity index (χ1n) is 6.90. The molecule has 0 fully saturated rings. The maximum Gasteiger partial charge on any atom is 0.126 e. The molecule has 0 saturated heterocycles. The minimum atomic E-state index is -0.233.